The van der Waals surface area contributed by atoms with E-state index in [-0.39, 0.29) is 0 Å². The van der Waals surface area contributed by atoms with Gasteiger partial charge in [-0.15, -0.1) is 10.2 Å². The van der Waals surface area contributed by atoms with Crippen molar-refractivity contribution in [1.82, 2.24) is 20.2 Å². The van der Waals surface area contributed by atoms with Crippen LogP contribution in [-0.2, 0) is 0 Å². The van der Waals surface area contributed by atoms with Crippen molar-refractivity contribution >= 4 is 0 Å². The molecule has 2 fully saturated rings. The zero-order valence-electron chi connectivity index (χ0n) is 22.7. The molecule has 3 heterocycles. The molecule has 6 heteroatoms. The van der Waals surface area contributed by atoms with Gasteiger partial charge >= 0.3 is 0 Å². The average molecular weight is 515 g/mol. The van der Waals surface area contributed by atoms with Crippen LogP contribution in [0.4, 0.5) is 0 Å². The Bertz CT molecular complexity index is 989. The molecule has 38 heavy (non-hydrogen) atoms. The van der Waals surface area contributed by atoms with Crippen molar-refractivity contribution in [3.05, 3.63) is 48.8 Å². The van der Waals surface area contributed by atoms with Gasteiger partial charge in [-0.2, -0.15) is 0 Å². The van der Waals surface area contributed by atoms with Crippen molar-refractivity contribution in [2.24, 2.45) is 11.8 Å². The van der Waals surface area contributed by atoms with E-state index in [0.29, 0.717) is 11.8 Å². The fourth-order valence-corrected chi connectivity index (χ4v) is 4.82. The number of nitrogens with zero attached hydrogens (tertiary/aromatic N) is 4. The summed E-state index contributed by atoms with van der Waals surface area (Å²) < 4.78 is 11.6. The van der Waals surface area contributed by atoms with Crippen LogP contribution in [0.1, 0.15) is 89.9 Å². The third-order valence-electron chi connectivity index (χ3n) is 7.64. The van der Waals surface area contributed by atoms with Gasteiger partial charge in [-0.25, -0.2) is 9.97 Å². The largest absolute Gasteiger partial charge is 0.478 e. The van der Waals surface area contributed by atoms with Gasteiger partial charge in [-0.05, 0) is 48.9 Å². The van der Waals surface area contributed by atoms with Crippen LogP contribution < -0.4 is 9.47 Å². The molecule has 0 saturated heterocycles. The van der Waals surface area contributed by atoms with E-state index in [4.69, 9.17) is 9.47 Å². The minimum atomic E-state index is 0.665. The summed E-state index contributed by atoms with van der Waals surface area (Å²) in [6, 6.07) is 11.7. The molecule has 2 aliphatic carbocycles. The number of ether oxygens (including phenoxy) is 2. The Labute approximate surface area is 227 Å². The minimum absolute atomic E-state index is 0.665. The van der Waals surface area contributed by atoms with Gasteiger partial charge in [0.1, 0.15) is 0 Å². The Balaban J connectivity index is 0.998. The lowest BCUT2D eigenvalue weighted by atomic mass is 10.1. The van der Waals surface area contributed by atoms with E-state index < -0.39 is 0 Å². The van der Waals surface area contributed by atoms with Crippen LogP contribution in [0.3, 0.4) is 0 Å². The lowest BCUT2D eigenvalue weighted by molar-refractivity contribution is 0.293. The number of hydrogen-bond acceptors (Lipinski definition) is 6. The number of pyridine rings is 2. The Kier molecular flexibility index (Phi) is 9.95. The van der Waals surface area contributed by atoms with Crippen molar-refractivity contribution in [2.45, 2.75) is 89.9 Å². The molecule has 0 bridgehead atoms. The van der Waals surface area contributed by atoms with Crippen LogP contribution in [-0.4, -0.2) is 33.4 Å². The topological polar surface area (TPSA) is 70.0 Å². The summed E-state index contributed by atoms with van der Waals surface area (Å²) in [5.74, 6) is 3.42. The standard InChI is InChI=1S/C32H42N4O2/c1(5-9-25-11-12-25)3-7-21-37-31-19-15-27(23-33-31)29-17-18-30(36-35-29)28-16-20-32(34-24-28)38-22-8-4-2-6-10-26-13-14-26/h15-20,23-26H,1-14,21-22H2. The molecule has 0 aromatic carbocycles. The summed E-state index contributed by atoms with van der Waals surface area (Å²) in [6.07, 6.45) is 22.3. The highest BCUT2D eigenvalue weighted by Crippen LogP contribution is 2.34. The number of aromatic nitrogens is 4. The SMILES string of the molecule is c1cc(OCCCCCCC2CC2)ncc1-c1ccc(-c2ccc(OCCCCCCC3CC3)nc2)nn1. The summed E-state index contributed by atoms with van der Waals surface area (Å²) >= 11 is 0. The molecule has 0 N–H and O–H groups in total. The van der Waals surface area contributed by atoms with Crippen molar-refractivity contribution < 1.29 is 9.47 Å². The lowest BCUT2D eigenvalue weighted by Crippen LogP contribution is -2.00. The molecule has 3 aromatic rings. The molecule has 0 atom stereocenters. The first-order valence-corrected chi connectivity index (χ1v) is 14.9. The first-order chi connectivity index (χ1) is 18.8. The monoisotopic (exact) mass is 514 g/mol. The van der Waals surface area contributed by atoms with E-state index in [1.165, 1.54) is 77.0 Å². The average Bonchev–Trinajstić information content (AvgIpc) is 3.89. The molecule has 0 amide bonds. The first kappa shape index (κ1) is 26.6. The van der Waals surface area contributed by atoms with Crippen molar-refractivity contribution in [1.29, 1.82) is 0 Å². The molecular formula is C32H42N4O2. The molecule has 3 aromatic heterocycles. The smallest absolute Gasteiger partial charge is 0.213 e. The fraction of sp³-hybridized carbons (Fsp3) is 0.562. The maximum absolute atomic E-state index is 5.82. The van der Waals surface area contributed by atoms with Gasteiger partial charge in [0.2, 0.25) is 11.8 Å². The number of rotatable bonds is 18. The predicted octanol–water partition coefficient (Wildman–Crippen LogP) is 8.08. The van der Waals surface area contributed by atoms with E-state index in [9.17, 15) is 0 Å². The van der Waals surface area contributed by atoms with Gasteiger partial charge in [0.25, 0.3) is 0 Å². The molecular weight excluding hydrogens is 472 g/mol. The molecule has 6 nitrogen and oxygen atoms in total. The van der Waals surface area contributed by atoms with Gasteiger partial charge in [0.05, 0.1) is 24.6 Å². The normalized spacial score (nSPS) is 14.9. The van der Waals surface area contributed by atoms with Gasteiger partial charge in [0, 0.05) is 35.7 Å². The van der Waals surface area contributed by atoms with E-state index in [0.717, 1.165) is 60.4 Å². The predicted molar refractivity (Wildman–Crippen MR) is 151 cm³/mol. The fourth-order valence-electron chi connectivity index (χ4n) is 4.82. The zero-order chi connectivity index (χ0) is 25.8. The third-order valence-corrected chi connectivity index (χ3v) is 7.64. The molecule has 0 radical (unpaired) electrons. The lowest BCUT2D eigenvalue weighted by Gasteiger charge is -2.07. The summed E-state index contributed by atoms with van der Waals surface area (Å²) in [7, 11) is 0. The Hall–Kier alpha value is -3.02. The van der Waals surface area contributed by atoms with Crippen LogP contribution in [0.25, 0.3) is 22.5 Å². The molecule has 5 rings (SSSR count). The Morgan fingerprint density at radius 2 is 0.974 bits per heavy atom. The van der Waals surface area contributed by atoms with E-state index in [2.05, 4.69) is 20.2 Å². The first-order valence-electron chi connectivity index (χ1n) is 14.9. The molecule has 2 aliphatic rings. The maximum Gasteiger partial charge on any atom is 0.213 e. The second-order valence-corrected chi connectivity index (χ2v) is 11.1. The zero-order valence-corrected chi connectivity index (χ0v) is 22.7. The number of unbranched alkanes of at least 4 members (excludes halogenated alkanes) is 6. The van der Waals surface area contributed by atoms with Crippen LogP contribution in [0.5, 0.6) is 11.8 Å². The van der Waals surface area contributed by atoms with Gasteiger partial charge in [-0.1, -0.05) is 77.0 Å². The highest BCUT2D eigenvalue weighted by molar-refractivity contribution is 5.62. The second kappa shape index (κ2) is 14.2. The minimum Gasteiger partial charge on any atom is -0.478 e. The highest BCUT2D eigenvalue weighted by Gasteiger charge is 2.20. The van der Waals surface area contributed by atoms with E-state index in [1.807, 2.05) is 36.4 Å². The van der Waals surface area contributed by atoms with E-state index >= 15 is 0 Å². The molecule has 0 spiro atoms. The van der Waals surface area contributed by atoms with Crippen molar-refractivity contribution in [3.8, 4) is 34.3 Å². The van der Waals surface area contributed by atoms with Crippen molar-refractivity contribution in [3.63, 3.8) is 0 Å². The highest BCUT2D eigenvalue weighted by atomic mass is 16.5. The van der Waals surface area contributed by atoms with Crippen molar-refractivity contribution in [2.75, 3.05) is 13.2 Å². The van der Waals surface area contributed by atoms with Crippen LogP contribution >= 0.6 is 0 Å². The second-order valence-electron chi connectivity index (χ2n) is 11.1. The summed E-state index contributed by atoms with van der Waals surface area (Å²) in [6.45, 7) is 1.45. The van der Waals surface area contributed by atoms with Crippen LogP contribution in [0.2, 0.25) is 0 Å². The van der Waals surface area contributed by atoms with Crippen LogP contribution in [0.15, 0.2) is 48.8 Å². The maximum atomic E-state index is 5.82. The quantitative estimate of drug-likeness (QED) is 0.160. The van der Waals surface area contributed by atoms with Gasteiger partial charge < -0.3 is 9.47 Å². The van der Waals surface area contributed by atoms with E-state index in [1.54, 1.807) is 12.4 Å². The molecule has 0 aliphatic heterocycles. The van der Waals surface area contributed by atoms with Crippen LogP contribution in [0, 0.1) is 11.8 Å². The molecule has 202 valence electrons. The Morgan fingerprint density at radius 3 is 1.34 bits per heavy atom. The summed E-state index contributed by atoms with van der Waals surface area (Å²) in [4.78, 5) is 8.90. The molecule has 0 unspecified atom stereocenters. The van der Waals surface area contributed by atoms with Gasteiger partial charge in [0.15, 0.2) is 0 Å². The number of hydrogen-bond donors (Lipinski definition) is 0. The molecule has 2 saturated carbocycles. The van der Waals surface area contributed by atoms with Gasteiger partial charge in [-0.3, -0.25) is 0 Å². The third kappa shape index (κ3) is 9.07. The summed E-state index contributed by atoms with van der Waals surface area (Å²) in [5, 5.41) is 8.82. The summed E-state index contributed by atoms with van der Waals surface area (Å²) in [5.41, 5.74) is 3.42. The Morgan fingerprint density at radius 1 is 0.526 bits per heavy atom.